The molecule has 0 radical (unpaired) electrons. The number of carbonyl (C=O) groups is 1. The monoisotopic (exact) mass is 314 g/mol. The first-order chi connectivity index (χ1) is 10.9. The van der Waals surface area contributed by atoms with E-state index in [1.165, 1.54) is 0 Å². The number of hydrogen-bond donors (Lipinski definition) is 2. The Bertz CT molecular complexity index is 738. The van der Waals surface area contributed by atoms with Gasteiger partial charge in [-0.25, -0.2) is 4.98 Å². The lowest BCUT2D eigenvalue weighted by molar-refractivity contribution is -0.121. The van der Waals surface area contributed by atoms with E-state index < -0.39 is 0 Å². The third-order valence-corrected chi connectivity index (χ3v) is 3.86. The van der Waals surface area contributed by atoms with Crippen molar-refractivity contribution in [3.8, 4) is 11.5 Å². The van der Waals surface area contributed by atoms with Gasteiger partial charge in [-0.3, -0.25) is 14.6 Å². The van der Waals surface area contributed by atoms with Crippen LogP contribution in [0.2, 0.25) is 0 Å². The van der Waals surface area contributed by atoms with Crippen LogP contribution in [0.25, 0.3) is 11.5 Å². The molecule has 0 saturated carbocycles. The Morgan fingerprint density at radius 2 is 2.04 bits per heavy atom. The molecule has 0 aliphatic heterocycles. The molecule has 2 rings (SSSR count). The second kappa shape index (κ2) is 7.17. The molecular weight excluding hydrogens is 292 g/mol. The van der Waals surface area contributed by atoms with Gasteiger partial charge in [-0.15, -0.1) is 0 Å². The van der Waals surface area contributed by atoms with Crippen LogP contribution in [-0.2, 0) is 11.2 Å². The molecule has 2 aromatic heterocycles. The number of H-pyrrole nitrogens is 1. The normalized spacial score (nSPS) is 12.2. The van der Waals surface area contributed by atoms with E-state index in [-0.39, 0.29) is 23.9 Å². The van der Waals surface area contributed by atoms with Gasteiger partial charge < -0.3 is 10.3 Å². The van der Waals surface area contributed by atoms with Crippen LogP contribution in [0, 0.1) is 12.8 Å². The minimum atomic E-state index is -0.300. The number of aromatic amines is 1. The fourth-order valence-corrected chi connectivity index (χ4v) is 2.07. The third kappa shape index (κ3) is 4.25. The van der Waals surface area contributed by atoms with Gasteiger partial charge in [0.15, 0.2) is 5.82 Å². The van der Waals surface area contributed by atoms with Gasteiger partial charge in [0.25, 0.3) is 5.56 Å². The predicted molar refractivity (Wildman–Crippen MR) is 89.0 cm³/mol. The van der Waals surface area contributed by atoms with Crippen LogP contribution in [0.1, 0.15) is 32.0 Å². The highest BCUT2D eigenvalue weighted by Gasteiger charge is 2.16. The van der Waals surface area contributed by atoms with E-state index in [1.807, 2.05) is 26.8 Å². The van der Waals surface area contributed by atoms with Crippen molar-refractivity contribution in [3.05, 3.63) is 46.0 Å². The number of aryl methyl sites for hydroxylation is 1. The molecule has 23 heavy (non-hydrogen) atoms. The van der Waals surface area contributed by atoms with Crippen molar-refractivity contribution >= 4 is 5.91 Å². The maximum atomic E-state index is 12.3. The topological polar surface area (TPSA) is 87.7 Å². The fourth-order valence-electron chi connectivity index (χ4n) is 2.07. The Labute approximate surface area is 135 Å². The van der Waals surface area contributed by atoms with Crippen LogP contribution in [0.3, 0.4) is 0 Å². The van der Waals surface area contributed by atoms with Crippen molar-refractivity contribution in [2.24, 2.45) is 5.92 Å². The fraction of sp³-hybridized carbons (Fsp3) is 0.412. The summed E-state index contributed by atoms with van der Waals surface area (Å²) in [6, 6.07) is 5.45. The van der Waals surface area contributed by atoms with E-state index in [0.717, 1.165) is 0 Å². The molecule has 122 valence electrons. The summed E-state index contributed by atoms with van der Waals surface area (Å²) in [7, 11) is 0. The highest BCUT2D eigenvalue weighted by atomic mass is 16.2. The molecule has 6 heteroatoms. The highest BCUT2D eigenvalue weighted by Crippen LogP contribution is 2.11. The summed E-state index contributed by atoms with van der Waals surface area (Å²) in [4.78, 5) is 35.6. The smallest absolute Gasteiger partial charge is 0.255 e. The lowest BCUT2D eigenvalue weighted by atomic mass is 10.1. The van der Waals surface area contributed by atoms with Gasteiger partial charge in [0, 0.05) is 23.5 Å². The lowest BCUT2D eigenvalue weighted by Crippen LogP contribution is -2.38. The van der Waals surface area contributed by atoms with Crippen molar-refractivity contribution in [2.45, 2.75) is 40.2 Å². The molecule has 1 amide bonds. The summed E-state index contributed by atoms with van der Waals surface area (Å²) < 4.78 is 0. The van der Waals surface area contributed by atoms with E-state index >= 15 is 0 Å². The molecule has 2 N–H and O–H groups in total. The van der Waals surface area contributed by atoms with Gasteiger partial charge >= 0.3 is 0 Å². The van der Waals surface area contributed by atoms with E-state index in [4.69, 9.17) is 0 Å². The summed E-state index contributed by atoms with van der Waals surface area (Å²) in [5.74, 6) is 0.572. The van der Waals surface area contributed by atoms with Crippen LogP contribution in [0.5, 0.6) is 0 Å². The summed E-state index contributed by atoms with van der Waals surface area (Å²) in [6.45, 7) is 7.75. The van der Waals surface area contributed by atoms with E-state index in [1.54, 1.807) is 25.3 Å². The maximum Gasteiger partial charge on any atom is 0.255 e. The first kappa shape index (κ1) is 16.9. The molecule has 0 aromatic carbocycles. The predicted octanol–water partition coefficient (Wildman–Crippen LogP) is 1.84. The van der Waals surface area contributed by atoms with Crippen molar-refractivity contribution in [1.29, 1.82) is 0 Å². The second-order valence-electron chi connectivity index (χ2n) is 5.97. The zero-order valence-electron chi connectivity index (χ0n) is 13.9. The number of rotatable bonds is 5. The minimum Gasteiger partial charge on any atom is -0.353 e. The molecule has 0 bridgehead atoms. The molecular formula is C17H22N4O2. The van der Waals surface area contributed by atoms with Crippen molar-refractivity contribution in [1.82, 2.24) is 20.3 Å². The summed E-state index contributed by atoms with van der Waals surface area (Å²) >= 11 is 0. The molecule has 0 spiro atoms. The average molecular weight is 314 g/mol. The molecule has 2 heterocycles. The second-order valence-corrected chi connectivity index (χ2v) is 5.97. The number of aromatic nitrogens is 3. The molecule has 0 fully saturated rings. The number of nitrogens with one attached hydrogen (secondary N) is 2. The van der Waals surface area contributed by atoms with Crippen LogP contribution in [-0.4, -0.2) is 26.9 Å². The summed E-state index contributed by atoms with van der Waals surface area (Å²) in [5.41, 5.74) is 1.22. The van der Waals surface area contributed by atoms with Gasteiger partial charge in [-0.1, -0.05) is 19.9 Å². The van der Waals surface area contributed by atoms with Crippen LogP contribution < -0.4 is 10.9 Å². The number of amides is 1. The van der Waals surface area contributed by atoms with Gasteiger partial charge in [0.05, 0.1) is 6.42 Å². The van der Waals surface area contributed by atoms with Gasteiger partial charge in [-0.2, -0.15) is 0 Å². The highest BCUT2D eigenvalue weighted by molar-refractivity contribution is 5.79. The van der Waals surface area contributed by atoms with Gasteiger partial charge in [-0.05, 0) is 31.9 Å². The first-order valence-electron chi connectivity index (χ1n) is 7.69. The Balaban J connectivity index is 2.21. The van der Waals surface area contributed by atoms with Crippen molar-refractivity contribution in [2.75, 3.05) is 0 Å². The molecule has 0 aliphatic rings. The molecule has 0 aliphatic carbocycles. The Hall–Kier alpha value is -2.50. The Morgan fingerprint density at radius 1 is 1.30 bits per heavy atom. The molecule has 0 unspecified atom stereocenters. The summed E-state index contributed by atoms with van der Waals surface area (Å²) in [5, 5.41) is 2.90. The third-order valence-electron chi connectivity index (χ3n) is 3.86. The van der Waals surface area contributed by atoms with E-state index in [9.17, 15) is 9.59 Å². The zero-order valence-corrected chi connectivity index (χ0v) is 13.9. The van der Waals surface area contributed by atoms with Crippen molar-refractivity contribution in [3.63, 3.8) is 0 Å². The Kier molecular flexibility index (Phi) is 5.26. The van der Waals surface area contributed by atoms with Gasteiger partial charge in [0.1, 0.15) is 5.69 Å². The first-order valence-corrected chi connectivity index (χ1v) is 7.69. The largest absolute Gasteiger partial charge is 0.353 e. The minimum absolute atomic E-state index is 0.0216. The molecule has 1 atom stereocenters. The molecule has 2 aromatic rings. The maximum absolute atomic E-state index is 12.3. The summed E-state index contributed by atoms with van der Waals surface area (Å²) in [6.07, 6.45) is 1.66. The lowest BCUT2D eigenvalue weighted by Gasteiger charge is -2.17. The molecule has 6 nitrogen and oxygen atoms in total. The van der Waals surface area contributed by atoms with Gasteiger partial charge in [0.2, 0.25) is 5.91 Å². The van der Waals surface area contributed by atoms with E-state index in [0.29, 0.717) is 28.7 Å². The standard InChI is InChI=1S/C17H22N4O2/c1-10(2)11(3)19-15(22)9-13-12(4)20-16(21-17(13)23)14-7-5-6-8-18-14/h5-8,10-11H,9H2,1-4H3,(H,19,22)(H,20,21,23)/t11-/m1/s1. The van der Waals surface area contributed by atoms with Crippen LogP contribution in [0.15, 0.2) is 29.2 Å². The zero-order chi connectivity index (χ0) is 17.0. The molecule has 0 saturated heterocycles. The number of hydrogen-bond acceptors (Lipinski definition) is 4. The van der Waals surface area contributed by atoms with Crippen LogP contribution >= 0.6 is 0 Å². The SMILES string of the molecule is Cc1nc(-c2ccccn2)[nH]c(=O)c1CC(=O)N[C@H](C)C(C)C. The Morgan fingerprint density at radius 3 is 2.61 bits per heavy atom. The van der Waals surface area contributed by atoms with E-state index in [2.05, 4.69) is 20.3 Å². The number of nitrogens with zero attached hydrogens (tertiary/aromatic N) is 2. The van der Waals surface area contributed by atoms with Crippen LogP contribution in [0.4, 0.5) is 0 Å². The average Bonchev–Trinajstić information content (AvgIpc) is 2.51. The number of pyridine rings is 1. The quantitative estimate of drug-likeness (QED) is 0.881. The van der Waals surface area contributed by atoms with Crippen molar-refractivity contribution < 1.29 is 4.79 Å². The number of carbonyl (C=O) groups excluding carboxylic acids is 1.